The maximum atomic E-state index is 13.2. The molecule has 5 rings (SSSR count). The first-order valence-electron chi connectivity index (χ1n) is 9.53. The number of anilines is 1. The van der Waals surface area contributed by atoms with Crippen LogP contribution in [-0.4, -0.2) is 65.1 Å². The van der Waals surface area contributed by atoms with Crippen molar-refractivity contribution in [3.8, 4) is 5.75 Å². The van der Waals surface area contributed by atoms with E-state index in [4.69, 9.17) is 9.47 Å². The highest BCUT2D eigenvalue weighted by Crippen LogP contribution is 2.34. The second kappa shape index (κ2) is 7.49. The Morgan fingerprint density at radius 3 is 2.86 bits per heavy atom. The molecule has 0 saturated carbocycles. The summed E-state index contributed by atoms with van der Waals surface area (Å²) in [7, 11) is 0. The number of carbonyl (C=O) groups excluding carboxylic acids is 2. The zero-order valence-corrected chi connectivity index (χ0v) is 16.5. The van der Waals surface area contributed by atoms with Crippen molar-refractivity contribution in [3.05, 3.63) is 47.7 Å². The second-order valence-corrected chi connectivity index (χ2v) is 7.89. The lowest BCUT2D eigenvalue weighted by atomic mass is 10.1. The molecule has 1 fully saturated rings. The van der Waals surface area contributed by atoms with Gasteiger partial charge in [0.2, 0.25) is 5.91 Å². The summed E-state index contributed by atoms with van der Waals surface area (Å²) in [5.41, 5.74) is 1.39. The molecule has 0 N–H and O–H groups in total. The molecule has 1 atom stereocenters. The number of fused-ring (bicyclic) bond motifs is 2. The van der Waals surface area contributed by atoms with Crippen LogP contribution in [0.15, 0.2) is 42.0 Å². The first kappa shape index (κ1) is 18.1. The Labute approximate surface area is 171 Å². The fraction of sp³-hybridized carbons (Fsp3) is 0.350. The van der Waals surface area contributed by atoms with Crippen molar-refractivity contribution in [2.24, 2.45) is 0 Å². The molecule has 29 heavy (non-hydrogen) atoms. The van der Waals surface area contributed by atoms with Crippen molar-refractivity contribution in [3.63, 3.8) is 0 Å². The molecule has 9 heteroatoms. The number of imidazole rings is 1. The first-order valence-corrected chi connectivity index (χ1v) is 10.4. The summed E-state index contributed by atoms with van der Waals surface area (Å²) >= 11 is 1.53. The SMILES string of the molecule is O=C(C1CN(C(=O)Cc2cn3ccsc3n2)c2ccccc2O1)N1CCOCC1. The topological polar surface area (TPSA) is 76.4 Å². The molecule has 1 unspecified atom stereocenters. The quantitative estimate of drug-likeness (QED) is 0.653. The Morgan fingerprint density at radius 1 is 1.21 bits per heavy atom. The lowest BCUT2D eigenvalue weighted by Crippen LogP contribution is -2.54. The van der Waals surface area contributed by atoms with Gasteiger partial charge in [-0.25, -0.2) is 4.98 Å². The molecule has 4 heterocycles. The number of benzene rings is 1. The summed E-state index contributed by atoms with van der Waals surface area (Å²) in [6.07, 6.45) is 3.23. The number of nitrogens with zero attached hydrogens (tertiary/aromatic N) is 4. The van der Waals surface area contributed by atoms with E-state index in [1.165, 1.54) is 11.3 Å². The molecule has 0 spiro atoms. The van der Waals surface area contributed by atoms with E-state index in [9.17, 15) is 9.59 Å². The molecule has 2 aliphatic heterocycles. The molecule has 2 aromatic heterocycles. The smallest absolute Gasteiger partial charge is 0.265 e. The van der Waals surface area contributed by atoms with Gasteiger partial charge in [0.15, 0.2) is 11.1 Å². The third-order valence-electron chi connectivity index (χ3n) is 5.15. The summed E-state index contributed by atoms with van der Waals surface area (Å²) in [6.45, 7) is 2.32. The molecule has 0 aliphatic carbocycles. The van der Waals surface area contributed by atoms with Crippen molar-refractivity contribution in [2.45, 2.75) is 12.5 Å². The number of carbonyl (C=O) groups is 2. The van der Waals surface area contributed by atoms with E-state index in [1.807, 2.05) is 40.4 Å². The highest BCUT2D eigenvalue weighted by Gasteiger charge is 2.36. The summed E-state index contributed by atoms with van der Waals surface area (Å²) in [5.74, 6) is 0.332. The summed E-state index contributed by atoms with van der Waals surface area (Å²) in [6, 6.07) is 7.33. The van der Waals surface area contributed by atoms with E-state index < -0.39 is 6.10 Å². The molecule has 150 valence electrons. The van der Waals surface area contributed by atoms with Crippen LogP contribution in [0.3, 0.4) is 0 Å². The third-order valence-corrected chi connectivity index (χ3v) is 5.92. The number of ether oxygens (including phenoxy) is 2. The Hall–Kier alpha value is -2.91. The van der Waals surface area contributed by atoms with E-state index in [1.54, 1.807) is 15.9 Å². The fourth-order valence-corrected chi connectivity index (χ4v) is 4.42. The lowest BCUT2D eigenvalue weighted by Gasteiger charge is -2.37. The molecular formula is C20H20N4O4S. The van der Waals surface area contributed by atoms with Crippen LogP contribution >= 0.6 is 11.3 Å². The Morgan fingerprint density at radius 2 is 2.03 bits per heavy atom. The predicted octanol–water partition coefficient (Wildman–Crippen LogP) is 1.59. The minimum Gasteiger partial charge on any atom is -0.476 e. The number of hydrogen-bond donors (Lipinski definition) is 0. The van der Waals surface area contributed by atoms with Gasteiger partial charge in [0.05, 0.1) is 37.6 Å². The molecular weight excluding hydrogens is 392 g/mol. The van der Waals surface area contributed by atoms with E-state index in [0.29, 0.717) is 43.4 Å². The number of aromatic nitrogens is 2. The van der Waals surface area contributed by atoms with Crippen LogP contribution in [0.4, 0.5) is 5.69 Å². The molecule has 0 bridgehead atoms. The molecule has 8 nitrogen and oxygen atoms in total. The summed E-state index contributed by atoms with van der Waals surface area (Å²) in [5, 5.41) is 1.95. The Bertz CT molecular complexity index is 1030. The highest BCUT2D eigenvalue weighted by molar-refractivity contribution is 7.15. The van der Waals surface area contributed by atoms with E-state index in [0.717, 1.165) is 4.96 Å². The zero-order valence-electron chi connectivity index (χ0n) is 15.7. The predicted molar refractivity (Wildman–Crippen MR) is 107 cm³/mol. The fourth-order valence-electron chi connectivity index (χ4n) is 3.70. The average Bonchev–Trinajstić information content (AvgIpc) is 3.34. The van der Waals surface area contributed by atoms with Crippen LogP contribution in [0.5, 0.6) is 5.75 Å². The maximum Gasteiger partial charge on any atom is 0.265 e. The van der Waals surface area contributed by atoms with Gasteiger partial charge in [-0.1, -0.05) is 12.1 Å². The normalized spacial score (nSPS) is 19.1. The molecule has 1 aromatic carbocycles. The van der Waals surface area contributed by atoms with Crippen LogP contribution < -0.4 is 9.64 Å². The Kier molecular flexibility index (Phi) is 4.69. The van der Waals surface area contributed by atoms with Crippen molar-refractivity contribution in [1.29, 1.82) is 0 Å². The number of hydrogen-bond acceptors (Lipinski definition) is 6. The average molecular weight is 412 g/mol. The van der Waals surface area contributed by atoms with Gasteiger partial charge in [0.25, 0.3) is 5.91 Å². The second-order valence-electron chi connectivity index (χ2n) is 7.02. The minimum atomic E-state index is -0.725. The number of para-hydroxylation sites is 2. The van der Waals surface area contributed by atoms with E-state index >= 15 is 0 Å². The van der Waals surface area contributed by atoms with Crippen molar-refractivity contribution < 1.29 is 19.1 Å². The minimum absolute atomic E-state index is 0.105. The largest absolute Gasteiger partial charge is 0.476 e. The number of amides is 2. The molecule has 2 amide bonds. The standard InChI is InChI=1S/C20H20N4O4S/c25-18(11-14-12-23-7-10-29-20(23)21-14)24-13-17(19(26)22-5-8-27-9-6-22)28-16-4-2-1-3-15(16)24/h1-4,7,10,12,17H,5-6,8-9,11,13H2. The van der Waals surface area contributed by atoms with Gasteiger partial charge in [-0.2, -0.15) is 0 Å². The lowest BCUT2D eigenvalue weighted by molar-refractivity contribution is -0.142. The molecule has 0 radical (unpaired) electrons. The van der Waals surface area contributed by atoms with Gasteiger partial charge in [-0.15, -0.1) is 11.3 Å². The van der Waals surface area contributed by atoms with Crippen LogP contribution in [-0.2, 0) is 20.7 Å². The van der Waals surface area contributed by atoms with Crippen molar-refractivity contribution in [2.75, 3.05) is 37.7 Å². The zero-order chi connectivity index (χ0) is 19.8. The van der Waals surface area contributed by atoms with Crippen LogP contribution in [0.1, 0.15) is 5.69 Å². The van der Waals surface area contributed by atoms with Gasteiger partial charge < -0.3 is 19.3 Å². The summed E-state index contributed by atoms with van der Waals surface area (Å²) in [4.78, 5) is 34.9. The van der Waals surface area contributed by atoms with Crippen molar-refractivity contribution >= 4 is 33.8 Å². The van der Waals surface area contributed by atoms with Crippen molar-refractivity contribution in [1.82, 2.24) is 14.3 Å². The number of thiazole rings is 1. The van der Waals surface area contributed by atoms with Crippen LogP contribution in [0.2, 0.25) is 0 Å². The molecule has 2 aliphatic rings. The monoisotopic (exact) mass is 412 g/mol. The highest BCUT2D eigenvalue weighted by atomic mass is 32.1. The van der Waals surface area contributed by atoms with Gasteiger partial charge >= 0.3 is 0 Å². The number of morpholine rings is 1. The van der Waals surface area contributed by atoms with E-state index in [2.05, 4.69) is 4.98 Å². The molecule has 1 saturated heterocycles. The first-order chi connectivity index (χ1) is 14.2. The Balaban J connectivity index is 1.38. The number of rotatable bonds is 3. The third kappa shape index (κ3) is 3.47. The summed E-state index contributed by atoms with van der Waals surface area (Å²) < 4.78 is 13.2. The maximum absolute atomic E-state index is 13.2. The van der Waals surface area contributed by atoms with Gasteiger partial charge in [0.1, 0.15) is 5.75 Å². The van der Waals surface area contributed by atoms with Crippen LogP contribution in [0.25, 0.3) is 4.96 Å². The van der Waals surface area contributed by atoms with E-state index in [-0.39, 0.29) is 24.8 Å². The molecule has 3 aromatic rings. The van der Waals surface area contributed by atoms with Gasteiger partial charge in [-0.3, -0.25) is 14.0 Å². The van der Waals surface area contributed by atoms with Gasteiger partial charge in [-0.05, 0) is 12.1 Å². The van der Waals surface area contributed by atoms with Gasteiger partial charge in [0, 0.05) is 30.9 Å². The van der Waals surface area contributed by atoms with Crippen LogP contribution in [0, 0.1) is 0 Å².